The van der Waals surface area contributed by atoms with Crippen molar-refractivity contribution < 1.29 is 4.79 Å². The largest absolute Gasteiger partial charge is 0.300 e. The molecule has 0 bridgehead atoms. The maximum absolute atomic E-state index is 10.9. The number of rotatable bonds is 3. The minimum atomic E-state index is 0.174. The Kier molecular flexibility index (Phi) is 2.51. The lowest BCUT2D eigenvalue weighted by atomic mass is 10.2. The highest BCUT2D eigenvalue weighted by molar-refractivity contribution is 9.11. The Balaban J connectivity index is 2.19. The van der Waals surface area contributed by atoms with Crippen LogP contribution in [0.1, 0.15) is 36.4 Å². The first-order chi connectivity index (χ1) is 6.16. The van der Waals surface area contributed by atoms with Crippen LogP contribution in [0, 0.1) is 0 Å². The molecule has 2 rings (SSSR count). The van der Waals surface area contributed by atoms with Crippen molar-refractivity contribution in [2.75, 3.05) is 0 Å². The normalized spacial score (nSPS) is 16.2. The van der Waals surface area contributed by atoms with Gasteiger partial charge in [0, 0.05) is 5.92 Å². The highest BCUT2D eigenvalue weighted by atomic mass is 79.9. The van der Waals surface area contributed by atoms with E-state index < -0.39 is 0 Å². The van der Waals surface area contributed by atoms with Crippen LogP contribution in [0.3, 0.4) is 0 Å². The van der Waals surface area contributed by atoms with E-state index in [2.05, 4.69) is 20.9 Å². The lowest BCUT2D eigenvalue weighted by Crippen LogP contribution is -1.97. The number of Topliss-reactive ketones (excluding diaryl/α,β-unsaturated/α-hetero) is 1. The summed E-state index contributed by atoms with van der Waals surface area (Å²) in [6, 6.07) is 0. The Hall–Kier alpha value is -0.220. The molecule has 0 aromatic carbocycles. The lowest BCUT2D eigenvalue weighted by Gasteiger charge is -1.90. The van der Waals surface area contributed by atoms with Crippen LogP contribution in [0.5, 0.6) is 0 Å². The minimum Gasteiger partial charge on any atom is -0.300 e. The monoisotopic (exact) mass is 259 g/mol. The van der Waals surface area contributed by atoms with E-state index in [4.69, 9.17) is 0 Å². The SMILES string of the molecule is CC(=O)Cc1nc(C2CC2)sc1Br. The summed E-state index contributed by atoms with van der Waals surface area (Å²) >= 11 is 5.13. The van der Waals surface area contributed by atoms with E-state index in [9.17, 15) is 4.79 Å². The summed E-state index contributed by atoms with van der Waals surface area (Å²) in [6.45, 7) is 1.60. The van der Waals surface area contributed by atoms with Crippen molar-refractivity contribution in [2.45, 2.75) is 32.1 Å². The number of halogens is 1. The maximum atomic E-state index is 10.9. The molecule has 0 amide bonds. The van der Waals surface area contributed by atoms with Crippen LogP contribution >= 0.6 is 27.3 Å². The van der Waals surface area contributed by atoms with E-state index in [0.29, 0.717) is 12.3 Å². The van der Waals surface area contributed by atoms with E-state index in [1.54, 1.807) is 18.3 Å². The van der Waals surface area contributed by atoms with Gasteiger partial charge in [-0.3, -0.25) is 4.79 Å². The van der Waals surface area contributed by atoms with Crippen molar-refractivity contribution in [3.8, 4) is 0 Å². The Morgan fingerprint density at radius 1 is 1.69 bits per heavy atom. The number of thiazole rings is 1. The van der Waals surface area contributed by atoms with Crippen LogP contribution in [0.25, 0.3) is 0 Å². The van der Waals surface area contributed by atoms with Crippen molar-refractivity contribution in [3.05, 3.63) is 14.5 Å². The Morgan fingerprint density at radius 3 is 2.92 bits per heavy atom. The molecule has 1 saturated carbocycles. The zero-order chi connectivity index (χ0) is 9.42. The van der Waals surface area contributed by atoms with Gasteiger partial charge in [0.1, 0.15) is 5.78 Å². The molecule has 4 heteroatoms. The molecule has 1 aliphatic carbocycles. The number of nitrogens with zero attached hydrogens (tertiary/aromatic N) is 1. The van der Waals surface area contributed by atoms with Gasteiger partial charge >= 0.3 is 0 Å². The summed E-state index contributed by atoms with van der Waals surface area (Å²) in [5.74, 6) is 0.857. The van der Waals surface area contributed by atoms with E-state index in [1.807, 2.05) is 0 Å². The fourth-order valence-corrected chi connectivity index (χ4v) is 2.90. The van der Waals surface area contributed by atoms with E-state index in [-0.39, 0.29) is 5.78 Å². The molecule has 1 aromatic rings. The van der Waals surface area contributed by atoms with Gasteiger partial charge in [0.2, 0.25) is 0 Å². The second kappa shape index (κ2) is 3.50. The summed E-state index contributed by atoms with van der Waals surface area (Å²) in [6.07, 6.45) is 2.99. The topological polar surface area (TPSA) is 30.0 Å². The predicted octanol–water partition coefficient (Wildman–Crippen LogP) is 2.91. The molecular weight excluding hydrogens is 250 g/mol. The van der Waals surface area contributed by atoms with Crippen LogP contribution in [0.15, 0.2) is 3.79 Å². The fourth-order valence-electron chi connectivity index (χ4n) is 1.20. The second-order valence-corrected chi connectivity index (χ2v) is 5.77. The Morgan fingerprint density at radius 2 is 2.38 bits per heavy atom. The molecule has 1 aromatic heterocycles. The average molecular weight is 260 g/mol. The maximum Gasteiger partial charge on any atom is 0.135 e. The van der Waals surface area contributed by atoms with E-state index >= 15 is 0 Å². The molecule has 2 nitrogen and oxygen atoms in total. The van der Waals surface area contributed by atoms with Gasteiger partial charge in [-0.05, 0) is 35.7 Å². The van der Waals surface area contributed by atoms with Gasteiger partial charge in [0.25, 0.3) is 0 Å². The fraction of sp³-hybridized carbons (Fsp3) is 0.556. The van der Waals surface area contributed by atoms with Gasteiger partial charge in [-0.25, -0.2) is 4.98 Å². The molecule has 0 N–H and O–H groups in total. The molecule has 13 heavy (non-hydrogen) atoms. The minimum absolute atomic E-state index is 0.174. The first kappa shape index (κ1) is 9.34. The molecule has 1 fully saturated rings. The lowest BCUT2D eigenvalue weighted by molar-refractivity contribution is -0.116. The van der Waals surface area contributed by atoms with Crippen LogP contribution < -0.4 is 0 Å². The average Bonchev–Trinajstić information content (AvgIpc) is 2.79. The summed E-state index contributed by atoms with van der Waals surface area (Å²) in [7, 11) is 0. The van der Waals surface area contributed by atoms with Crippen molar-refractivity contribution in [1.82, 2.24) is 4.98 Å². The summed E-state index contributed by atoms with van der Waals surface area (Å²) in [5, 5.41) is 1.20. The number of hydrogen-bond acceptors (Lipinski definition) is 3. The number of aromatic nitrogens is 1. The smallest absolute Gasteiger partial charge is 0.135 e. The van der Waals surface area contributed by atoms with Crippen molar-refractivity contribution >= 4 is 33.0 Å². The third-order valence-electron chi connectivity index (χ3n) is 2.01. The Bertz CT molecular complexity index is 343. The summed E-state index contributed by atoms with van der Waals surface area (Å²) in [5.41, 5.74) is 0.916. The van der Waals surface area contributed by atoms with Gasteiger partial charge in [0.05, 0.1) is 20.9 Å². The molecule has 0 radical (unpaired) electrons. The first-order valence-corrected chi connectivity index (χ1v) is 5.92. The second-order valence-electron chi connectivity index (χ2n) is 3.43. The van der Waals surface area contributed by atoms with Crippen LogP contribution in [-0.4, -0.2) is 10.8 Å². The highest BCUT2D eigenvalue weighted by Gasteiger charge is 2.27. The zero-order valence-corrected chi connectivity index (χ0v) is 9.74. The van der Waals surface area contributed by atoms with E-state index in [0.717, 1.165) is 9.48 Å². The molecule has 70 valence electrons. The van der Waals surface area contributed by atoms with E-state index in [1.165, 1.54) is 17.8 Å². The first-order valence-electron chi connectivity index (χ1n) is 4.31. The van der Waals surface area contributed by atoms with Crippen molar-refractivity contribution in [3.63, 3.8) is 0 Å². The van der Waals surface area contributed by atoms with Crippen LogP contribution in [-0.2, 0) is 11.2 Å². The molecule has 0 unspecified atom stereocenters. The summed E-state index contributed by atoms with van der Waals surface area (Å²) < 4.78 is 1.03. The Labute approximate surface area is 89.5 Å². The molecule has 0 aliphatic heterocycles. The van der Waals surface area contributed by atoms with Gasteiger partial charge in [0.15, 0.2) is 0 Å². The molecule has 1 heterocycles. The predicted molar refractivity (Wildman–Crippen MR) is 56.2 cm³/mol. The standard InChI is InChI=1S/C9H10BrNOS/c1-5(12)4-7-8(10)13-9(11-7)6-2-3-6/h6H,2-4H2,1H3. The third kappa shape index (κ3) is 2.17. The summed E-state index contributed by atoms with van der Waals surface area (Å²) in [4.78, 5) is 15.4. The van der Waals surface area contributed by atoms with Crippen molar-refractivity contribution in [1.29, 1.82) is 0 Å². The molecule has 0 atom stereocenters. The van der Waals surface area contributed by atoms with Gasteiger partial charge in [-0.2, -0.15) is 0 Å². The molecule has 0 saturated heterocycles. The number of carbonyl (C=O) groups excluding carboxylic acids is 1. The molecule has 0 spiro atoms. The molecule has 1 aliphatic rings. The third-order valence-corrected chi connectivity index (χ3v) is 4.00. The van der Waals surface area contributed by atoms with Gasteiger partial charge in [-0.1, -0.05) is 0 Å². The highest BCUT2D eigenvalue weighted by Crippen LogP contribution is 2.43. The van der Waals surface area contributed by atoms with Crippen LogP contribution in [0.2, 0.25) is 0 Å². The van der Waals surface area contributed by atoms with Gasteiger partial charge in [-0.15, -0.1) is 11.3 Å². The number of hydrogen-bond donors (Lipinski definition) is 0. The van der Waals surface area contributed by atoms with Gasteiger partial charge < -0.3 is 0 Å². The zero-order valence-electron chi connectivity index (χ0n) is 7.34. The van der Waals surface area contributed by atoms with Crippen LogP contribution in [0.4, 0.5) is 0 Å². The van der Waals surface area contributed by atoms with Crippen molar-refractivity contribution in [2.24, 2.45) is 0 Å². The molecular formula is C9H10BrNOS. The number of carbonyl (C=O) groups is 1. The number of ketones is 1. The quantitative estimate of drug-likeness (QED) is 0.836.